The molecule has 28 heavy (non-hydrogen) atoms. The number of carbonyl (C=O) groups is 2. The minimum absolute atomic E-state index is 0.0107. The van der Waals surface area contributed by atoms with Gasteiger partial charge in [-0.3, -0.25) is 14.6 Å². The highest BCUT2D eigenvalue weighted by atomic mass is 32.1. The van der Waals surface area contributed by atoms with Crippen LogP contribution in [-0.4, -0.2) is 46.8 Å². The molecule has 0 fully saturated rings. The number of aromatic nitrogens is 1. The van der Waals surface area contributed by atoms with E-state index in [0.29, 0.717) is 23.6 Å². The number of nitrogen functional groups attached to an aromatic ring is 1. The van der Waals surface area contributed by atoms with Crippen molar-refractivity contribution in [2.45, 2.75) is 32.6 Å². The molecule has 6 N–H and O–H groups in total. The highest BCUT2D eigenvalue weighted by molar-refractivity contribution is 7.11. The molecule has 0 aliphatic heterocycles. The quantitative estimate of drug-likeness (QED) is 0.368. The van der Waals surface area contributed by atoms with Gasteiger partial charge in [0.1, 0.15) is 24.1 Å². The highest BCUT2D eigenvalue weighted by Gasteiger charge is 2.26. The average Bonchev–Trinajstić information content (AvgIpc) is 3.05. The number of nitrogens with two attached hydrogens (primary N) is 2. The van der Waals surface area contributed by atoms with Crippen molar-refractivity contribution in [1.82, 2.24) is 10.3 Å². The Kier molecular flexibility index (Phi) is 7.07. The van der Waals surface area contributed by atoms with Gasteiger partial charge in [0.05, 0.1) is 16.0 Å². The van der Waals surface area contributed by atoms with E-state index in [-0.39, 0.29) is 5.71 Å². The minimum Gasteiger partial charge on any atom is -0.488 e. The number of hydrogen-bond donors (Lipinski definition) is 4. The predicted octanol–water partition coefficient (Wildman–Crippen LogP) is 0.383. The Bertz CT molecular complexity index is 894. The summed E-state index contributed by atoms with van der Waals surface area (Å²) in [4.78, 5) is 33.1. The van der Waals surface area contributed by atoms with Gasteiger partial charge in [-0.1, -0.05) is 0 Å². The third kappa shape index (κ3) is 5.27. The zero-order chi connectivity index (χ0) is 20.8. The molecule has 0 bridgehead atoms. The highest BCUT2D eigenvalue weighted by Crippen LogP contribution is 2.23. The van der Waals surface area contributed by atoms with Gasteiger partial charge in [-0.05, 0) is 32.0 Å². The fourth-order valence-electron chi connectivity index (χ4n) is 2.44. The molecule has 0 saturated heterocycles. The summed E-state index contributed by atoms with van der Waals surface area (Å²) in [7, 11) is 1.42. The molecule has 0 unspecified atom stereocenters. The maximum atomic E-state index is 12.6. The monoisotopic (exact) mass is 405 g/mol. The van der Waals surface area contributed by atoms with Crippen LogP contribution in [0.1, 0.15) is 22.4 Å². The summed E-state index contributed by atoms with van der Waals surface area (Å²) in [6, 6.07) is 3.62. The molecule has 1 heterocycles. The van der Waals surface area contributed by atoms with Crippen molar-refractivity contribution in [1.29, 1.82) is 0 Å². The van der Waals surface area contributed by atoms with E-state index in [0.717, 1.165) is 9.88 Å². The van der Waals surface area contributed by atoms with E-state index in [1.165, 1.54) is 25.3 Å². The largest absolute Gasteiger partial charge is 0.488 e. The van der Waals surface area contributed by atoms with E-state index in [2.05, 4.69) is 15.3 Å². The number of amides is 2. The van der Waals surface area contributed by atoms with E-state index < -0.39 is 24.0 Å². The Hall–Kier alpha value is -2.98. The predicted molar refractivity (Wildman–Crippen MR) is 107 cm³/mol. The molecule has 0 aliphatic carbocycles. The number of hydrogen-bond acceptors (Lipinski definition) is 8. The summed E-state index contributed by atoms with van der Waals surface area (Å²) in [5.74, 6) is -1.05. The lowest BCUT2D eigenvalue weighted by molar-refractivity contribution is -0.126. The number of aliphatic hydroxyl groups excluding tert-OH is 1. The maximum absolute atomic E-state index is 12.6. The van der Waals surface area contributed by atoms with Gasteiger partial charge in [-0.25, -0.2) is 4.98 Å². The lowest BCUT2D eigenvalue weighted by Crippen LogP contribution is -2.52. The van der Waals surface area contributed by atoms with Gasteiger partial charge in [0, 0.05) is 24.5 Å². The number of primary amides is 1. The molecular weight excluding hydrogens is 382 g/mol. The molecule has 2 amide bonds. The van der Waals surface area contributed by atoms with Crippen molar-refractivity contribution >= 4 is 34.6 Å². The molecule has 0 saturated carbocycles. The fraction of sp³-hybridized carbons (Fsp3) is 0.333. The lowest BCUT2D eigenvalue weighted by atomic mass is 10.1. The molecule has 0 radical (unpaired) electrons. The van der Waals surface area contributed by atoms with Crippen LogP contribution >= 0.6 is 11.3 Å². The van der Waals surface area contributed by atoms with E-state index in [1.807, 2.05) is 6.92 Å². The first-order valence-corrected chi connectivity index (χ1v) is 9.23. The number of thiazole rings is 1. The summed E-state index contributed by atoms with van der Waals surface area (Å²) in [6.45, 7) is 3.58. The average molecular weight is 405 g/mol. The SMILES string of the molecule is CN=C(C(=O)N[C@H](C(N)=O)[C@@H](C)O)c1cc(OCc2cnc(C)s2)ccc1N. The molecule has 1 aromatic carbocycles. The van der Waals surface area contributed by atoms with Crippen molar-refractivity contribution in [2.24, 2.45) is 10.7 Å². The number of aliphatic imine (C=N–C) groups is 1. The van der Waals surface area contributed by atoms with E-state index in [1.54, 1.807) is 24.4 Å². The number of rotatable bonds is 8. The number of aryl methyl sites for hydroxylation is 1. The topological polar surface area (TPSA) is 153 Å². The third-order valence-electron chi connectivity index (χ3n) is 3.84. The number of ether oxygens (including phenoxy) is 1. The van der Waals surface area contributed by atoms with Crippen LogP contribution < -0.4 is 21.5 Å². The molecule has 2 atom stereocenters. The van der Waals surface area contributed by atoms with Gasteiger partial charge in [0.2, 0.25) is 5.91 Å². The van der Waals surface area contributed by atoms with Crippen LogP contribution in [0.4, 0.5) is 5.69 Å². The van der Waals surface area contributed by atoms with Gasteiger partial charge >= 0.3 is 0 Å². The Morgan fingerprint density at radius 3 is 2.68 bits per heavy atom. The lowest BCUT2D eigenvalue weighted by Gasteiger charge is -2.19. The van der Waals surface area contributed by atoms with Crippen molar-refractivity contribution in [3.8, 4) is 5.75 Å². The maximum Gasteiger partial charge on any atom is 0.270 e. The van der Waals surface area contributed by atoms with Gasteiger partial charge in [0.25, 0.3) is 5.91 Å². The summed E-state index contributed by atoms with van der Waals surface area (Å²) in [5, 5.41) is 12.9. The van der Waals surface area contributed by atoms with Crippen LogP contribution in [0, 0.1) is 6.92 Å². The summed E-state index contributed by atoms with van der Waals surface area (Å²) >= 11 is 1.53. The zero-order valence-electron chi connectivity index (χ0n) is 15.8. The van der Waals surface area contributed by atoms with E-state index >= 15 is 0 Å². The smallest absolute Gasteiger partial charge is 0.270 e. The molecule has 150 valence electrons. The summed E-state index contributed by atoms with van der Waals surface area (Å²) < 4.78 is 5.75. The van der Waals surface area contributed by atoms with Gasteiger partial charge < -0.3 is 26.6 Å². The first kappa shape index (κ1) is 21.3. The second-order valence-electron chi connectivity index (χ2n) is 6.05. The zero-order valence-corrected chi connectivity index (χ0v) is 16.6. The van der Waals surface area contributed by atoms with Crippen molar-refractivity contribution < 1.29 is 19.4 Å². The number of carbonyl (C=O) groups excluding carboxylic acids is 2. The summed E-state index contributed by atoms with van der Waals surface area (Å²) in [6.07, 6.45) is 0.583. The number of aliphatic hydroxyl groups is 1. The molecular formula is C18H23N5O4S. The minimum atomic E-state index is -1.25. The van der Waals surface area contributed by atoms with Crippen LogP contribution in [-0.2, 0) is 16.2 Å². The van der Waals surface area contributed by atoms with Gasteiger partial charge in [-0.2, -0.15) is 0 Å². The standard InChI is InChI=1S/C18H23N5O4S/c1-9(24)15(17(20)25)23-18(26)16(21-3)13-6-11(4-5-14(13)19)27-8-12-7-22-10(2)28-12/h4-7,9,15,24H,8,19H2,1-3H3,(H2,20,25)(H,23,26)/t9-,15+/m1/s1. The number of benzene rings is 1. The van der Waals surface area contributed by atoms with Crippen LogP contribution in [0.5, 0.6) is 5.75 Å². The number of nitrogens with zero attached hydrogens (tertiary/aromatic N) is 2. The van der Waals surface area contributed by atoms with E-state index in [4.69, 9.17) is 16.2 Å². The molecule has 9 nitrogen and oxygen atoms in total. The van der Waals surface area contributed by atoms with Gasteiger partial charge in [0.15, 0.2) is 0 Å². The normalized spacial score (nSPS) is 13.6. The second-order valence-corrected chi connectivity index (χ2v) is 7.37. The first-order chi connectivity index (χ1) is 13.2. The summed E-state index contributed by atoms with van der Waals surface area (Å²) in [5.41, 5.74) is 11.9. The van der Waals surface area contributed by atoms with Crippen molar-refractivity contribution in [3.05, 3.63) is 39.8 Å². The Balaban J connectivity index is 2.20. The van der Waals surface area contributed by atoms with Crippen LogP contribution in [0.25, 0.3) is 0 Å². The number of nitrogens with one attached hydrogen (secondary N) is 1. The van der Waals surface area contributed by atoms with E-state index in [9.17, 15) is 14.7 Å². The Morgan fingerprint density at radius 1 is 1.43 bits per heavy atom. The molecule has 2 rings (SSSR count). The molecule has 0 spiro atoms. The van der Waals surface area contributed by atoms with Crippen molar-refractivity contribution in [2.75, 3.05) is 12.8 Å². The Morgan fingerprint density at radius 2 is 2.14 bits per heavy atom. The first-order valence-electron chi connectivity index (χ1n) is 8.42. The van der Waals surface area contributed by atoms with Crippen LogP contribution in [0.3, 0.4) is 0 Å². The van der Waals surface area contributed by atoms with Crippen LogP contribution in [0.2, 0.25) is 0 Å². The second kappa shape index (κ2) is 9.29. The molecule has 0 aliphatic rings. The third-order valence-corrected chi connectivity index (χ3v) is 4.73. The van der Waals surface area contributed by atoms with Crippen LogP contribution in [0.15, 0.2) is 29.4 Å². The van der Waals surface area contributed by atoms with Gasteiger partial charge in [-0.15, -0.1) is 11.3 Å². The molecule has 10 heteroatoms. The molecule has 1 aromatic heterocycles. The fourth-order valence-corrected chi connectivity index (χ4v) is 3.15. The molecule has 2 aromatic rings. The van der Waals surface area contributed by atoms with Crippen molar-refractivity contribution in [3.63, 3.8) is 0 Å². The Labute approximate surface area is 166 Å². The number of anilines is 1.